The Morgan fingerprint density at radius 2 is 1.53 bits per heavy atom. The van der Waals surface area contributed by atoms with Crippen LogP contribution < -0.4 is 5.32 Å². The number of hydrogen-bond donors (Lipinski definition) is 4. The molecule has 7 aliphatic rings. The third-order valence-electron chi connectivity index (χ3n) is 18.4. The highest BCUT2D eigenvalue weighted by Gasteiger charge is 2.74. The molecule has 5 saturated heterocycles. The van der Waals surface area contributed by atoms with Gasteiger partial charge in [0.2, 0.25) is 0 Å². The molecule has 13 heteroatoms. The number of likely N-dealkylation sites (tertiary alicyclic amines) is 1. The SMILES string of the molecule is CCC(C(=O)[C@@H](C)[C@@H](O)C1(C)C[C@]12O[C@@H]([C@@H](CC)C(=O)O)CC[C@@H]2C)[C@H]1O[C@]2(C=C[C@@H](NC(=O)N3CCC(C)(C)CC3)[C@]3(CC[C@@](C)([C@H]4CC[C@](O)(CC)[C@H](C)O4)O3)O2)[C@H](C)C[C@@H]1C. The fourth-order valence-electron chi connectivity index (χ4n) is 13.3. The van der Waals surface area contributed by atoms with E-state index in [2.05, 4.69) is 46.9 Å². The second-order valence-electron chi connectivity index (χ2n) is 23.1. The Morgan fingerprint density at radius 1 is 0.859 bits per heavy atom. The second-order valence-corrected chi connectivity index (χ2v) is 23.1. The number of urea groups is 1. The molecule has 364 valence electrons. The van der Waals surface area contributed by atoms with Crippen molar-refractivity contribution in [1.29, 1.82) is 0 Å². The molecule has 6 aliphatic heterocycles. The monoisotopic (exact) mass is 901 g/mol. The summed E-state index contributed by atoms with van der Waals surface area (Å²) in [5.74, 6) is -5.44. The molecule has 64 heavy (non-hydrogen) atoms. The highest BCUT2D eigenvalue weighted by molar-refractivity contribution is 5.84. The lowest BCUT2D eigenvalue weighted by molar-refractivity contribution is -0.398. The van der Waals surface area contributed by atoms with Crippen molar-refractivity contribution in [2.45, 2.75) is 231 Å². The second kappa shape index (κ2) is 17.7. The summed E-state index contributed by atoms with van der Waals surface area (Å²) in [5.41, 5.74) is -2.92. The van der Waals surface area contributed by atoms with Gasteiger partial charge in [0.25, 0.3) is 0 Å². The maximum absolute atomic E-state index is 14.9. The van der Waals surface area contributed by atoms with Gasteiger partial charge in [-0.25, -0.2) is 4.79 Å². The molecule has 18 atom stereocenters. The van der Waals surface area contributed by atoms with E-state index in [1.807, 2.05) is 58.6 Å². The minimum absolute atomic E-state index is 0.0101. The number of ether oxygens (including phenoxy) is 5. The summed E-state index contributed by atoms with van der Waals surface area (Å²) >= 11 is 0. The molecule has 0 aromatic heterocycles. The average molecular weight is 901 g/mol. The largest absolute Gasteiger partial charge is 0.481 e. The lowest BCUT2D eigenvalue weighted by Crippen LogP contribution is -2.66. The van der Waals surface area contributed by atoms with Crippen LogP contribution in [0.1, 0.15) is 167 Å². The molecule has 1 aliphatic carbocycles. The predicted molar refractivity (Wildman–Crippen MR) is 242 cm³/mol. The van der Waals surface area contributed by atoms with Crippen LogP contribution >= 0.6 is 0 Å². The van der Waals surface area contributed by atoms with E-state index in [4.69, 9.17) is 23.7 Å². The zero-order valence-corrected chi connectivity index (χ0v) is 41.2. The predicted octanol–water partition coefficient (Wildman–Crippen LogP) is 8.17. The molecule has 2 amide bonds. The number of aliphatic hydroxyl groups excluding tert-OH is 1. The maximum Gasteiger partial charge on any atom is 0.318 e. The molecular weight excluding hydrogens is 817 g/mol. The highest BCUT2D eigenvalue weighted by atomic mass is 16.8. The van der Waals surface area contributed by atoms with Crippen molar-refractivity contribution >= 4 is 17.8 Å². The van der Waals surface area contributed by atoms with Gasteiger partial charge in [-0.1, -0.05) is 75.3 Å². The fraction of sp³-hybridized carbons (Fsp3) is 0.902. The first-order valence-corrected chi connectivity index (χ1v) is 25.2. The molecule has 0 radical (unpaired) electrons. The third-order valence-corrected chi connectivity index (χ3v) is 18.4. The zero-order valence-electron chi connectivity index (χ0n) is 41.2. The lowest BCUT2D eigenvalue weighted by Gasteiger charge is -2.55. The molecule has 1 saturated carbocycles. The number of rotatable bonds is 12. The van der Waals surface area contributed by atoms with Crippen LogP contribution in [-0.4, -0.2) is 116 Å². The number of carboxylic acid groups (broad SMARTS) is 1. The fourth-order valence-corrected chi connectivity index (χ4v) is 13.3. The highest BCUT2D eigenvalue weighted by Crippen LogP contribution is 2.68. The van der Waals surface area contributed by atoms with Crippen LogP contribution in [0.25, 0.3) is 0 Å². The van der Waals surface area contributed by atoms with Gasteiger partial charge in [0, 0.05) is 42.7 Å². The standard InChI is InChI=1S/C51H84N2O11/c1-13-35(43(56)57)37-17-16-31(5)49(61-37)29-46(49,11)42(55)33(7)40(54)36(14-2)41-30(4)28-32(6)50(62-41)21-18-38(52-44(58)53-26-24-45(9,10)25-27-53)51(64-50)23-22-47(12,63-51)39-19-20-48(59,15-3)34(8)60-39/h18,21,30-39,41-42,55,59H,13-17,19-20,22-29H2,1-12H3,(H,52,58)(H,56,57)/t30-,31-,32+,33+,34-,35+,36?,37+,38+,39+,41-,42+,46?,47-,48+,49+,50-,51-/m0/s1. The Morgan fingerprint density at radius 3 is 2.14 bits per heavy atom. The van der Waals surface area contributed by atoms with Crippen molar-refractivity contribution in [3.8, 4) is 0 Å². The Bertz CT molecular complexity index is 1770. The molecule has 3 spiro atoms. The summed E-state index contributed by atoms with van der Waals surface area (Å²) in [6.07, 6.45) is 9.66. The molecule has 0 bridgehead atoms. The number of nitrogens with one attached hydrogen (secondary N) is 1. The van der Waals surface area contributed by atoms with Gasteiger partial charge in [0.15, 0.2) is 11.6 Å². The first kappa shape index (κ1) is 49.8. The third kappa shape index (κ3) is 8.54. The summed E-state index contributed by atoms with van der Waals surface area (Å²) < 4.78 is 35.2. The van der Waals surface area contributed by atoms with Crippen molar-refractivity contribution in [1.82, 2.24) is 10.2 Å². The summed E-state index contributed by atoms with van der Waals surface area (Å²) in [6, 6.07) is -0.797. The van der Waals surface area contributed by atoms with E-state index in [-0.39, 0.29) is 47.2 Å². The van der Waals surface area contributed by atoms with Crippen molar-refractivity contribution < 1.29 is 53.4 Å². The van der Waals surface area contributed by atoms with Crippen LogP contribution in [0.15, 0.2) is 12.2 Å². The van der Waals surface area contributed by atoms with Crippen molar-refractivity contribution in [2.75, 3.05) is 13.1 Å². The van der Waals surface area contributed by atoms with Gasteiger partial charge in [0.1, 0.15) is 11.8 Å². The van der Waals surface area contributed by atoms with Gasteiger partial charge in [-0.05, 0) is 114 Å². The number of amides is 2. The number of carbonyl (C=O) groups is 3. The molecule has 6 fully saturated rings. The molecule has 13 nitrogen and oxygen atoms in total. The van der Waals surface area contributed by atoms with E-state index >= 15 is 0 Å². The number of nitrogens with zero attached hydrogens (tertiary/aromatic N) is 1. The number of carboxylic acids is 1. The van der Waals surface area contributed by atoms with Crippen LogP contribution in [0.5, 0.6) is 0 Å². The first-order chi connectivity index (χ1) is 29.9. The first-order valence-electron chi connectivity index (χ1n) is 25.2. The lowest BCUT2D eigenvalue weighted by atomic mass is 9.72. The summed E-state index contributed by atoms with van der Waals surface area (Å²) in [6.45, 7) is 25.8. The maximum atomic E-state index is 14.9. The van der Waals surface area contributed by atoms with E-state index in [0.717, 1.165) is 19.3 Å². The van der Waals surface area contributed by atoms with E-state index in [0.29, 0.717) is 77.3 Å². The summed E-state index contributed by atoms with van der Waals surface area (Å²) in [5, 5.41) is 36.8. The Balaban J connectivity index is 1.13. The average Bonchev–Trinajstić information content (AvgIpc) is 3.70. The quantitative estimate of drug-likeness (QED) is 0.139. The normalized spacial score (nSPS) is 46.1. The molecule has 7 rings (SSSR count). The van der Waals surface area contributed by atoms with Gasteiger partial charge in [-0.2, -0.15) is 0 Å². The molecular formula is C51H84N2O11. The Kier molecular flexibility index (Phi) is 13.8. The summed E-state index contributed by atoms with van der Waals surface area (Å²) in [4.78, 5) is 43.0. The number of hydrogen-bond acceptors (Lipinski definition) is 10. The zero-order chi connectivity index (χ0) is 47.0. The smallest absolute Gasteiger partial charge is 0.318 e. The number of aliphatic carboxylic acids is 1. The number of piperidine rings is 1. The van der Waals surface area contributed by atoms with Crippen LogP contribution in [0, 0.1) is 46.3 Å². The number of aliphatic hydroxyl groups is 2. The van der Waals surface area contributed by atoms with Crippen molar-refractivity contribution in [3.63, 3.8) is 0 Å². The number of carbonyl (C=O) groups excluding carboxylic acids is 2. The number of ketones is 1. The molecule has 2 unspecified atom stereocenters. The van der Waals surface area contributed by atoms with Crippen LogP contribution in [-0.2, 0) is 33.3 Å². The minimum atomic E-state index is -1.31. The molecule has 0 aromatic carbocycles. The summed E-state index contributed by atoms with van der Waals surface area (Å²) in [7, 11) is 0. The van der Waals surface area contributed by atoms with Gasteiger partial charge in [-0.15, -0.1) is 0 Å². The minimum Gasteiger partial charge on any atom is -0.481 e. The van der Waals surface area contributed by atoms with E-state index in [1.54, 1.807) is 0 Å². The molecule has 0 aromatic rings. The van der Waals surface area contributed by atoms with Crippen LogP contribution in [0.3, 0.4) is 0 Å². The Labute approximate surface area is 383 Å². The van der Waals surface area contributed by atoms with Gasteiger partial charge < -0.3 is 49.2 Å². The van der Waals surface area contributed by atoms with Crippen molar-refractivity contribution in [2.24, 2.45) is 46.3 Å². The Hall–Kier alpha value is -2.13. The molecule has 4 N–H and O–H groups in total. The van der Waals surface area contributed by atoms with E-state index in [1.165, 1.54) is 0 Å². The topological polar surface area (TPSA) is 173 Å². The van der Waals surface area contributed by atoms with Gasteiger partial charge in [-0.3, -0.25) is 9.59 Å². The van der Waals surface area contributed by atoms with Crippen LogP contribution in [0.4, 0.5) is 4.79 Å². The van der Waals surface area contributed by atoms with E-state index in [9.17, 15) is 29.7 Å². The molecule has 6 heterocycles. The van der Waals surface area contributed by atoms with E-state index < -0.39 is 81.9 Å². The van der Waals surface area contributed by atoms with Crippen molar-refractivity contribution in [3.05, 3.63) is 12.2 Å². The number of Topliss-reactive ketones (excluding diaryl/α,β-unsaturated/α-hetero) is 1. The van der Waals surface area contributed by atoms with Gasteiger partial charge >= 0.3 is 12.0 Å². The van der Waals surface area contributed by atoms with Crippen LogP contribution in [0.2, 0.25) is 0 Å². The van der Waals surface area contributed by atoms with Gasteiger partial charge in [0.05, 0.1) is 53.2 Å².